The second-order valence-corrected chi connectivity index (χ2v) is 11.7. The van der Waals surface area contributed by atoms with E-state index in [1.54, 1.807) is 24.0 Å². The summed E-state index contributed by atoms with van der Waals surface area (Å²) in [5, 5.41) is 6.27. The lowest BCUT2D eigenvalue weighted by atomic mass is 9.77. The Morgan fingerprint density at radius 2 is 1.74 bits per heavy atom. The normalized spacial score (nSPS) is 23.0. The van der Waals surface area contributed by atoms with E-state index in [0.29, 0.717) is 37.4 Å². The second-order valence-electron chi connectivity index (χ2n) is 11.7. The Kier molecular flexibility index (Phi) is 8.76. The summed E-state index contributed by atoms with van der Waals surface area (Å²) in [7, 11) is 0. The Bertz CT molecular complexity index is 1370. The van der Waals surface area contributed by atoms with Crippen molar-refractivity contribution in [2.75, 3.05) is 11.9 Å². The van der Waals surface area contributed by atoms with Crippen LogP contribution in [0.5, 0.6) is 0 Å². The smallest absolute Gasteiger partial charge is 0.383 e. The van der Waals surface area contributed by atoms with Gasteiger partial charge in [0.1, 0.15) is 5.82 Å². The van der Waals surface area contributed by atoms with Crippen LogP contribution in [-0.2, 0) is 11.0 Å². The van der Waals surface area contributed by atoms with Gasteiger partial charge in [0, 0.05) is 29.9 Å². The van der Waals surface area contributed by atoms with E-state index < -0.39 is 41.3 Å². The highest BCUT2D eigenvalue weighted by atomic mass is 19.4. The van der Waals surface area contributed by atoms with Gasteiger partial charge in [0.05, 0.1) is 23.1 Å². The van der Waals surface area contributed by atoms with Gasteiger partial charge in [0.15, 0.2) is 0 Å². The molecule has 2 aromatic carbocycles. The number of nitrogens with zero attached hydrogens (tertiary/aromatic N) is 1. The van der Waals surface area contributed by atoms with E-state index in [1.165, 1.54) is 38.0 Å². The largest absolute Gasteiger partial charge is 0.416 e. The van der Waals surface area contributed by atoms with E-state index in [2.05, 4.69) is 16.7 Å². The minimum absolute atomic E-state index is 0.0177. The molecule has 1 aliphatic heterocycles. The Hall–Kier alpha value is -3.62. The topological polar surface area (TPSA) is 61.4 Å². The number of likely N-dealkylation sites (tertiary alicyclic amines) is 1. The number of carbonyl (C=O) groups excluding carboxylic acids is 2. The molecule has 0 aromatic heterocycles. The molecule has 1 saturated carbocycles. The molecular formula is C33H37F4N3O2. The molecule has 0 spiro atoms. The molecule has 0 bridgehead atoms. The molecule has 5 nitrogen and oxygen atoms in total. The van der Waals surface area contributed by atoms with Gasteiger partial charge < -0.3 is 15.5 Å². The first-order valence-electron chi connectivity index (χ1n) is 14.7. The molecule has 2 fully saturated rings. The molecule has 3 aliphatic rings. The van der Waals surface area contributed by atoms with Gasteiger partial charge in [0.2, 0.25) is 5.91 Å². The standard InChI is InChI=1S/C33H37F4N3O2/c1-20-12-15-25(19-27(20)33(35,36)37)39-31(41)26-10-6-18-40(32(42)29-21(2)7-5-11-28(29)34)30(26)22-13-16-24(17-14-22)38-23-8-3-4-9-23/h5,7,11-13,15-17,19,22-23,26,30,38H,3-4,6,8-10,14,18H2,1-2H3,(H,39,41)/t22-,26?,30?/m1/s1. The molecule has 3 atom stereocenters. The summed E-state index contributed by atoms with van der Waals surface area (Å²) in [6, 6.07) is 8.05. The first-order chi connectivity index (χ1) is 20.0. The molecule has 1 heterocycles. The van der Waals surface area contributed by atoms with Crippen molar-refractivity contribution < 1.29 is 27.2 Å². The van der Waals surface area contributed by atoms with Crippen molar-refractivity contribution in [3.63, 3.8) is 0 Å². The summed E-state index contributed by atoms with van der Waals surface area (Å²) >= 11 is 0. The number of nitrogens with one attached hydrogen (secondary N) is 2. The van der Waals surface area contributed by atoms with Crippen LogP contribution < -0.4 is 10.6 Å². The van der Waals surface area contributed by atoms with Crippen LogP contribution in [0.2, 0.25) is 0 Å². The van der Waals surface area contributed by atoms with E-state index in [0.717, 1.165) is 24.6 Å². The monoisotopic (exact) mass is 583 g/mol. The number of piperidine rings is 1. The van der Waals surface area contributed by atoms with Crippen molar-refractivity contribution in [1.29, 1.82) is 0 Å². The van der Waals surface area contributed by atoms with E-state index >= 15 is 0 Å². The second kappa shape index (κ2) is 12.3. The van der Waals surface area contributed by atoms with Gasteiger partial charge in [-0.3, -0.25) is 9.59 Å². The fourth-order valence-electron chi connectivity index (χ4n) is 6.66. The third-order valence-electron chi connectivity index (χ3n) is 8.83. The highest BCUT2D eigenvalue weighted by Gasteiger charge is 2.43. The molecule has 2 amide bonds. The number of alkyl halides is 3. The van der Waals surface area contributed by atoms with E-state index in [9.17, 15) is 27.2 Å². The van der Waals surface area contributed by atoms with Gasteiger partial charge in [-0.2, -0.15) is 13.2 Å². The number of hydrogen-bond donors (Lipinski definition) is 2. The highest BCUT2D eigenvalue weighted by molar-refractivity contribution is 5.98. The molecular weight excluding hydrogens is 546 g/mol. The van der Waals surface area contributed by atoms with Crippen LogP contribution in [0.3, 0.4) is 0 Å². The van der Waals surface area contributed by atoms with Gasteiger partial charge >= 0.3 is 6.18 Å². The molecule has 9 heteroatoms. The van der Waals surface area contributed by atoms with Crippen LogP contribution in [0.4, 0.5) is 23.2 Å². The number of halogens is 4. The number of rotatable bonds is 6. The van der Waals surface area contributed by atoms with Crippen molar-refractivity contribution in [2.24, 2.45) is 11.8 Å². The Morgan fingerprint density at radius 1 is 0.976 bits per heavy atom. The summed E-state index contributed by atoms with van der Waals surface area (Å²) in [6.45, 7) is 3.41. The molecule has 1 saturated heterocycles. The SMILES string of the molecule is Cc1ccc(NC(=O)C2CCCN(C(=O)c3c(C)cccc3F)C2[C@@H]2C=CC(NC3CCCC3)=CC2)cc1C(F)(F)F. The number of carbonyl (C=O) groups is 2. The van der Waals surface area contributed by atoms with Crippen molar-refractivity contribution in [3.05, 3.63) is 88.4 Å². The first-order valence-corrected chi connectivity index (χ1v) is 14.7. The number of hydrogen-bond acceptors (Lipinski definition) is 3. The zero-order valence-corrected chi connectivity index (χ0v) is 23.9. The van der Waals surface area contributed by atoms with Crippen LogP contribution in [0.1, 0.15) is 72.0 Å². The summed E-state index contributed by atoms with van der Waals surface area (Å²) in [5.74, 6) is -2.47. The van der Waals surface area contributed by atoms with Gasteiger partial charge in [-0.1, -0.05) is 43.2 Å². The maximum atomic E-state index is 14.9. The van der Waals surface area contributed by atoms with Crippen LogP contribution in [0.25, 0.3) is 0 Å². The van der Waals surface area contributed by atoms with Crippen molar-refractivity contribution in [3.8, 4) is 0 Å². The van der Waals surface area contributed by atoms with Crippen LogP contribution >= 0.6 is 0 Å². The number of aryl methyl sites for hydroxylation is 2. The van der Waals surface area contributed by atoms with Crippen molar-refractivity contribution in [1.82, 2.24) is 10.2 Å². The fraction of sp³-hybridized carbons (Fsp3) is 0.455. The summed E-state index contributed by atoms with van der Waals surface area (Å²) in [5.41, 5.74) is 0.802. The Balaban J connectivity index is 1.43. The minimum atomic E-state index is -4.55. The van der Waals surface area contributed by atoms with E-state index in [-0.39, 0.29) is 22.7 Å². The lowest BCUT2D eigenvalue weighted by Crippen LogP contribution is -2.55. The van der Waals surface area contributed by atoms with Gasteiger partial charge in [-0.05, 0) is 81.4 Å². The molecule has 2 aromatic rings. The average molecular weight is 584 g/mol. The summed E-state index contributed by atoms with van der Waals surface area (Å²) in [4.78, 5) is 29.2. The van der Waals surface area contributed by atoms with Gasteiger partial charge in [0.25, 0.3) is 5.91 Å². The number of amides is 2. The zero-order chi connectivity index (χ0) is 30.0. The number of allylic oxidation sites excluding steroid dienone is 2. The molecule has 2 unspecified atom stereocenters. The summed E-state index contributed by atoms with van der Waals surface area (Å²) < 4.78 is 55.6. The van der Waals surface area contributed by atoms with Crippen LogP contribution in [-0.4, -0.2) is 35.3 Å². The Morgan fingerprint density at radius 3 is 2.40 bits per heavy atom. The molecule has 2 aliphatic carbocycles. The van der Waals surface area contributed by atoms with Crippen LogP contribution in [0.15, 0.2) is 60.3 Å². The third kappa shape index (κ3) is 6.40. The van der Waals surface area contributed by atoms with Crippen molar-refractivity contribution in [2.45, 2.75) is 77.1 Å². The van der Waals surface area contributed by atoms with Crippen LogP contribution in [0, 0.1) is 31.5 Å². The molecule has 42 heavy (non-hydrogen) atoms. The van der Waals surface area contributed by atoms with E-state index in [1.807, 2.05) is 12.2 Å². The molecule has 5 rings (SSSR count). The molecule has 0 radical (unpaired) electrons. The predicted molar refractivity (Wildman–Crippen MR) is 154 cm³/mol. The number of benzene rings is 2. The maximum Gasteiger partial charge on any atom is 0.416 e. The van der Waals surface area contributed by atoms with Gasteiger partial charge in [-0.25, -0.2) is 4.39 Å². The fourth-order valence-corrected chi connectivity index (χ4v) is 6.66. The quantitative estimate of drug-likeness (QED) is 0.351. The summed E-state index contributed by atoms with van der Waals surface area (Å²) in [6.07, 6.45) is 7.72. The van der Waals surface area contributed by atoms with Crippen molar-refractivity contribution >= 4 is 17.5 Å². The third-order valence-corrected chi connectivity index (χ3v) is 8.83. The maximum absolute atomic E-state index is 14.9. The zero-order valence-electron chi connectivity index (χ0n) is 23.9. The highest BCUT2D eigenvalue weighted by Crippen LogP contribution is 2.37. The lowest BCUT2D eigenvalue weighted by Gasteiger charge is -2.44. The van der Waals surface area contributed by atoms with Gasteiger partial charge in [-0.15, -0.1) is 0 Å². The lowest BCUT2D eigenvalue weighted by molar-refractivity contribution is -0.138. The number of anilines is 1. The van der Waals surface area contributed by atoms with E-state index in [4.69, 9.17) is 0 Å². The Labute approximate surface area is 244 Å². The molecule has 2 N–H and O–H groups in total. The average Bonchev–Trinajstić information content (AvgIpc) is 3.46. The predicted octanol–water partition coefficient (Wildman–Crippen LogP) is 7.31. The molecule has 224 valence electrons. The minimum Gasteiger partial charge on any atom is -0.383 e. The first kappa shape index (κ1) is 29.9.